The molecular weight excluding hydrogens is 374 g/mol. The average molecular weight is 398 g/mol. The highest BCUT2D eigenvalue weighted by atomic mass is 32.2. The first kappa shape index (κ1) is 20.0. The number of carbonyl (C=O) groups is 1. The van der Waals surface area contributed by atoms with Gasteiger partial charge in [0.1, 0.15) is 22.6 Å². The van der Waals surface area contributed by atoms with Crippen LogP contribution in [0.4, 0.5) is 5.69 Å². The van der Waals surface area contributed by atoms with Crippen LogP contribution in [0.1, 0.15) is 30.2 Å². The number of ether oxygens (including phenoxy) is 2. The van der Waals surface area contributed by atoms with Crippen LogP contribution in [0.2, 0.25) is 0 Å². The molecule has 1 N–H and O–H groups in total. The van der Waals surface area contributed by atoms with Crippen molar-refractivity contribution >= 4 is 23.4 Å². The van der Waals surface area contributed by atoms with E-state index in [0.29, 0.717) is 33.7 Å². The summed E-state index contributed by atoms with van der Waals surface area (Å²) in [5, 5.41) is 12.9. The molecule has 2 aromatic rings. The van der Waals surface area contributed by atoms with Gasteiger partial charge in [0.05, 0.1) is 31.2 Å². The van der Waals surface area contributed by atoms with Gasteiger partial charge in [-0.05, 0) is 48.9 Å². The average Bonchev–Trinajstić information content (AvgIpc) is 2.71. The van der Waals surface area contributed by atoms with Crippen LogP contribution >= 0.6 is 11.8 Å². The zero-order valence-electron chi connectivity index (χ0n) is 16.2. The van der Waals surface area contributed by atoms with Crippen molar-refractivity contribution in [1.29, 1.82) is 5.26 Å². The van der Waals surface area contributed by atoms with Gasteiger partial charge in [0.25, 0.3) is 0 Å². The van der Waals surface area contributed by atoms with E-state index in [0.717, 1.165) is 30.5 Å². The molecule has 1 heterocycles. The molecule has 28 heavy (non-hydrogen) atoms. The molecule has 0 radical (unpaired) electrons. The monoisotopic (exact) mass is 397 g/mol. The van der Waals surface area contributed by atoms with Crippen molar-refractivity contribution in [2.24, 2.45) is 5.92 Å². The van der Waals surface area contributed by atoms with Crippen LogP contribution in [-0.2, 0) is 17.6 Å². The maximum Gasteiger partial charge on any atom is 0.234 e. The van der Waals surface area contributed by atoms with Gasteiger partial charge in [0.2, 0.25) is 5.91 Å². The van der Waals surface area contributed by atoms with E-state index < -0.39 is 0 Å². The van der Waals surface area contributed by atoms with Gasteiger partial charge in [-0.25, -0.2) is 4.98 Å². The number of carbonyl (C=O) groups excluding carboxylic acids is 1. The Labute approximate surface area is 169 Å². The summed E-state index contributed by atoms with van der Waals surface area (Å²) in [4.78, 5) is 17.1. The molecule has 1 atom stereocenters. The first-order chi connectivity index (χ1) is 13.5. The summed E-state index contributed by atoms with van der Waals surface area (Å²) >= 11 is 1.28. The van der Waals surface area contributed by atoms with Gasteiger partial charge in [0, 0.05) is 11.8 Å². The zero-order chi connectivity index (χ0) is 20.1. The molecule has 0 aliphatic heterocycles. The Morgan fingerprint density at radius 3 is 2.89 bits per heavy atom. The minimum absolute atomic E-state index is 0.150. The van der Waals surface area contributed by atoms with Crippen LogP contribution in [0.3, 0.4) is 0 Å². The molecule has 146 valence electrons. The number of hydrogen-bond donors (Lipinski definition) is 1. The second-order valence-corrected chi connectivity index (χ2v) is 7.77. The standard InChI is InChI=1S/C21H23N3O3S/c1-13-4-6-17-14(8-13)9-15(11-22)21(24-17)28-12-20(25)23-18-10-16(26-2)5-7-19(18)27-3/h5,7,9-10,13H,4,6,8,12H2,1-3H3,(H,23,25). The van der Waals surface area contributed by atoms with Crippen molar-refractivity contribution in [2.45, 2.75) is 31.2 Å². The quantitative estimate of drug-likeness (QED) is 0.746. The molecule has 1 aliphatic rings. The number of hydrogen-bond acceptors (Lipinski definition) is 6. The Kier molecular flexibility index (Phi) is 6.42. The smallest absolute Gasteiger partial charge is 0.234 e. The van der Waals surface area contributed by atoms with Crippen molar-refractivity contribution in [3.8, 4) is 17.6 Å². The van der Waals surface area contributed by atoms with Gasteiger partial charge >= 0.3 is 0 Å². The SMILES string of the molecule is COc1ccc(OC)c(NC(=O)CSc2nc3c(cc2C#N)CC(C)CC3)c1. The highest BCUT2D eigenvalue weighted by Crippen LogP contribution is 2.31. The first-order valence-electron chi connectivity index (χ1n) is 9.11. The van der Waals surface area contributed by atoms with Crippen molar-refractivity contribution in [1.82, 2.24) is 4.98 Å². The number of nitriles is 1. The van der Waals surface area contributed by atoms with Crippen molar-refractivity contribution < 1.29 is 14.3 Å². The lowest BCUT2D eigenvalue weighted by Crippen LogP contribution is -2.16. The Hall–Kier alpha value is -2.72. The van der Waals surface area contributed by atoms with Crippen molar-refractivity contribution in [2.75, 3.05) is 25.3 Å². The number of methoxy groups -OCH3 is 2. The van der Waals surface area contributed by atoms with E-state index in [1.807, 2.05) is 6.07 Å². The number of anilines is 1. The third kappa shape index (κ3) is 4.57. The van der Waals surface area contributed by atoms with Crippen LogP contribution in [0, 0.1) is 17.2 Å². The van der Waals surface area contributed by atoms with Crippen LogP contribution < -0.4 is 14.8 Å². The summed E-state index contributed by atoms with van der Waals surface area (Å²) in [6.07, 6.45) is 2.98. The Bertz CT molecular complexity index is 924. The second kappa shape index (κ2) is 8.98. The fourth-order valence-corrected chi connectivity index (χ4v) is 4.02. The van der Waals surface area contributed by atoms with E-state index in [1.54, 1.807) is 32.4 Å². The van der Waals surface area contributed by atoms with Gasteiger partial charge < -0.3 is 14.8 Å². The molecule has 1 aliphatic carbocycles. The lowest BCUT2D eigenvalue weighted by atomic mass is 9.87. The molecule has 1 aromatic carbocycles. The largest absolute Gasteiger partial charge is 0.497 e. The summed E-state index contributed by atoms with van der Waals surface area (Å²) in [6.45, 7) is 2.22. The highest BCUT2D eigenvalue weighted by molar-refractivity contribution is 8.00. The summed E-state index contributed by atoms with van der Waals surface area (Å²) in [5.74, 6) is 1.74. The van der Waals surface area contributed by atoms with Crippen LogP contribution in [0.5, 0.6) is 11.5 Å². The van der Waals surface area contributed by atoms with E-state index >= 15 is 0 Å². The van der Waals surface area contributed by atoms with Crippen LogP contribution in [-0.4, -0.2) is 30.9 Å². The number of benzene rings is 1. The van der Waals surface area contributed by atoms with Crippen molar-refractivity contribution in [3.05, 3.63) is 41.1 Å². The highest BCUT2D eigenvalue weighted by Gasteiger charge is 2.20. The molecular formula is C21H23N3O3S. The Morgan fingerprint density at radius 2 is 2.18 bits per heavy atom. The minimum atomic E-state index is -0.200. The fourth-order valence-electron chi connectivity index (χ4n) is 3.25. The molecule has 0 saturated carbocycles. The van der Waals surface area contributed by atoms with E-state index in [9.17, 15) is 10.1 Å². The third-order valence-electron chi connectivity index (χ3n) is 4.74. The molecule has 0 fully saturated rings. The Balaban J connectivity index is 1.71. The number of nitrogens with one attached hydrogen (secondary N) is 1. The molecule has 0 bridgehead atoms. The van der Waals surface area contributed by atoms with Gasteiger partial charge in [-0.3, -0.25) is 4.79 Å². The molecule has 1 unspecified atom stereocenters. The number of pyridine rings is 1. The number of aromatic nitrogens is 1. The number of fused-ring (bicyclic) bond motifs is 1. The van der Waals surface area contributed by atoms with E-state index in [1.165, 1.54) is 11.8 Å². The van der Waals surface area contributed by atoms with Gasteiger partial charge in [-0.15, -0.1) is 0 Å². The van der Waals surface area contributed by atoms with Crippen molar-refractivity contribution in [3.63, 3.8) is 0 Å². The molecule has 6 nitrogen and oxygen atoms in total. The number of thioether (sulfide) groups is 1. The normalized spacial score (nSPS) is 15.3. The molecule has 0 spiro atoms. The summed E-state index contributed by atoms with van der Waals surface area (Å²) in [6, 6.07) is 9.36. The zero-order valence-corrected chi connectivity index (χ0v) is 17.1. The number of aryl methyl sites for hydroxylation is 1. The summed E-state index contributed by atoms with van der Waals surface area (Å²) < 4.78 is 10.5. The second-order valence-electron chi connectivity index (χ2n) is 6.81. The van der Waals surface area contributed by atoms with Crippen LogP contribution in [0.25, 0.3) is 0 Å². The summed E-state index contributed by atoms with van der Waals surface area (Å²) in [5.41, 5.74) is 3.28. The van der Waals surface area contributed by atoms with E-state index in [-0.39, 0.29) is 11.7 Å². The lowest BCUT2D eigenvalue weighted by Gasteiger charge is -2.21. The number of amides is 1. The van der Waals surface area contributed by atoms with Gasteiger partial charge in [-0.1, -0.05) is 18.7 Å². The molecule has 7 heteroatoms. The predicted octanol–water partition coefficient (Wildman–Crippen LogP) is 3.83. The fraction of sp³-hybridized carbons (Fsp3) is 0.381. The molecule has 3 rings (SSSR count). The number of nitrogens with zero attached hydrogens (tertiary/aromatic N) is 2. The first-order valence-corrected chi connectivity index (χ1v) is 10.1. The van der Waals surface area contributed by atoms with E-state index in [2.05, 4.69) is 23.3 Å². The van der Waals surface area contributed by atoms with Gasteiger partial charge in [0.15, 0.2) is 0 Å². The van der Waals surface area contributed by atoms with E-state index in [4.69, 9.17) is 9.47 Å². The number of rotatable bonds is 6. The molecule has 1 amide bonds. The predicted molar refractivity (Wildman–Crippen MR) is 109 cm³/mol. The maximum absolute atomic E-state index is 12.4. The van der Waals surface area contributed by atoms with Gasteiger partial charge in [-0.2, -0.15) is 5.26 Å². The van der Waals surface area contributed by atoms with Crippen LogP contribution in [0.15, 0.2) is 29.3 Å². The lowest BCUT2D eigenvalue weighted by molar-refractivity contribution is -0.113. The third-order valence-corrected chi connectivity index (χ3v) is 5.73. The molecule has 1 aromatic heterocycles. The molecule has 0 saturated heterocycles. The minimum Gasteiger partial charge on any atom is -0.497 e. The topological polar surface area (TPSA) is 84.2 Å². The summed E-state index contributed by atoms with van der Waals surface area (Å²) in [7, 11) is 3.11. The maximum atomic E-state index is 12.4. The Morgan fingerprint density at radius 1 is 1.36 bits per heavy atom.